The van der Waals surface area contributed by atoms with E-state index in [1.165, 1.54) is 5.56 Å². The lowest BCUT2D eigenvalue weighted by Gasteiger charge is -2.32. The second-order valence-electron chi connectivity index (χ2n) is 6.84. The summed E-state index contributed by atoms with van der Waals surface area (Å²) in [6.45, 7) is 12.5. The summed E-state index contributed by atoms with van der Waals surface area (Å²) in [5.74, 6) is 0. The number of benzene rings is 1. The zero-order valence-electron chi connectivity index (χ0n) is 12.5. The molecule has 0 aliphatic heterocycles. The standard InChI is InChI=1S/C16H26O2/c1-15(2,3)14(17-18-16(4,5)6)12-13-10-8-7-9-11-13/h7-11,14H,12H2,1-6H3. The van der Waals surface area contributed by atoms with Crippen LogP contribution in [0.1, 0.15) is 47.1 Å². The van der Waals surface area contributed by atoms with Crippen molar-refractivity contribution in [3.8, 4) is 0 Å². The van der Waals surface area contributed by atoms with Crippen LogP contribution in [0.25, 0.3) is 0 Å². The summed E-state index contributed by atoms with van der Waals surface area (Å²) in [7, 11) is 0. The second-order valence-corrected chi connectivity index (χ2v) is 6.84. The Labute approximate surface area is 111 Å². The van der Waals surface area contributed by atoms with E-state index in [4.69, 9.17) is 9.78 Å². The van der Waals surface area contributed by atoms with Crippen LogP contribution in [0.3, 0.4) is 0 Å². The lowest BCUT2D eigenvalue weighted by molar-refractivity contribution is -0.385. The minimum Gasteiger partial charge on any atom is -0.232 e. The summed E-state index contributed by atoms with van der Waals surface area (Å²) in [6, 6.07) is 10.4. The maximum Gasteiger partial charge on any atom is 0.102 e. The van der Waals surface area contributed by atoms with Crippen LogP contribution in [-0.2, 0) is 16.2 Å². The molecule has 1 aromatic carbocycles. The van der Waals surface area contributed by atoms with E-state index in [2.05, 4.69) is 45.0 Å². The zero-order valence-corrected chi connectivity index (χ0v) is 12.5. The van der Waals surface area contributed by atoms with Crippen molar-refractivity contribution in [1.82, 2.24) is 0 Å². The third-order valence-electron chi connectivity index (χ3n) is 2.64. The molecule has 0 saturated carbocycles. The number of hydrogen-bond donors (Lipinski definition) is 0. The fourth-order valence-corrected chi connectivity index (χ4v) is 1.52. The zero-order chi connectivity index (χ0) is 13.8. The molecule has 1 aromatic rings. The number of hydrogen-bond acceptors (Lipinski definition) is 2. The van der Waals surface area contributed by atoms with Crippen molar-refractivity contribution in [3.63, 3.8) is 0 Å². The van der Waals surface area contributed by atoms with Crippen molar-refractivity contribution in [2.24, 2.45) is 5.41 Å². The molecule has 0 heterocycles. The van der Waals surface area contributed by atoms with Gasteiger partial charge in [-0.15, -0.1) is 0 Å². The minimum absolute atomic E-state index is 0.0409. The third kappa shape index (κ3) is 5.65. The highest BCUT2D eigenvalue weighted by Gasteiger charge is 2.28. The quantitative estimate of drug-likeness (QED) is 0.583. The van der Waals surface area contributed by atoms with Gasteiger partial charge in [0.15, 0.2) is 0 Å². The van der Waals surface area contributed by atoms with E-state index >= 15 is 0 Å². The Morgan fingerprint density at radius 3 is 1.94 bits per heavy atom. The molecular formula is C16H26O2. The second kappa shape index (κ2) is 5.85. The van der Waals surface area contributed by atoms with Crippen molar-refractivity contribution >= 4 is 0 Å². The van der Waals surface area contributed by atoms with Crippen LogP contribution in [0.15, 0.2) is 30.3 Å². The number of rotatable bonds is 4. The van der Waals surface area contributed by atoms with Gasteiger partial charge in [0.25, 0.3) is 0 Å². The molecule has 0 aliphatic rings. The molecule has 0 saturated heterocycles. The van der Waals surface area contributed by atoms with E-state index in [1.807, 2.05) is 26.8 Å². The Balaban J connectivity index is 2.68. The van der Waals surface area contributed by atoms with Crippen LogP contribution in [0, 0.1) is 5.41 Å². The Bertz CT molecular complexity index is 344. The van der Waals surface area contributed by atoms with E-state index in [0.29, 0.717) is 0 Å². The fourth-order valence-electron chi connectivity index (χ4n) is 1.52. The minimum atomic E-state index is -0.278. The highest BCUT2D eigenvalue weighted by Crippen LogP contribution is 2.27. The van der Waals surface area contributed by atoms with Gasteiger partial charge in [-0.3, -0.25) is 0 Å². The van der Waals surface area contributed by atoms with E-state index in [-0.39, 0.29) is 17.1 Å². The molecule has 102 valence electrons. The van der Waals surface area contributed by atoms with Crippen molar-refractivity contribution in [1.29, 1.82) is 0 Å². The van der Waals surface area contributed by atoms with Gasteiger partial charge in [0.1, 0.15) is 6.10 Å². The SMILES string of the molecule is CC(C)(C)OOC(Cc1ccccc1)C(C)(C)C. The van der Waals surface area contributed by atoms with Crippen LogP contribution in [0.2, 0.25) is 0 Å². The van der Waals surface area contributed by atoms with E-state index < -0.39 is 0 Å². The van der Waals surface area contributed by atoms with Gasteiger partial charge in [-0.1, -0.05) is 51.1 Å². The van der Waals surface area contributed by atoms with Gasteiger partial charge < -0.3 is 0 Å². The summed E-state index contributed by atoms with van der Waals surface area (Å²) in [5, 5.41) is 0. The molecule has 0 spiro atoms. The van der Waals surface area contributed by atoms with Crippen LogP contribution in [0.4, 0.5) is 0 Å². The molecular weight excluding hydrogens is 224 g/mol. The van der Waals surface area contributed by atoms with Gasteiger partial charge in [0.2, 0.25) is 0 Å². The van der Waals surface area contributed by atoms with Crippen molar-refractivity contribution in [3.05, 3.63) is 35.9 Å². The molecule has 1 rings (SSSR count). The van der Waals surface area contributed by atoms with Gasteiger partial charge in [-0.05, 0) is 31.7 Å². The van der Waals surface area contributed by atoms with Crippen molar-refractivity contribution < 1.29 is 9.78 Å². The van der Waals surface area contributed by atoms with Crippen molar-refractivity contribution in [2.75, 3.05) is 0 Å². The summed E-state index contributed by atoms with van der Waals surface area (Å²) in [4.78, 5) is 11.2. The lowest BCUT2D eigenvalue weighted by Crippen LogP contribution is -2.34. The first kappa shape index (κ1) is 15.2. The lowest BCUT2D eigenvalue weighted by atomic mass is 9.85. The average Bonchev–Trinajstić information content (AvgIpc) is 2.22. The fraction of sp³-hybridized carbons (Fsp3) is 0.625. The Kier molecular flexibility index (Phi) is 4.94. The first-order valence-electron chi connectivity index (χ1n) is 6.57. The predicted molar refractivity (Wildman–Crippen MR) is 75.3 cm³/mol. The molecule has 18 heavy (non-hydrogen) atoms. The first-order valence-corrected chi connectivity index (χ1v) is 6.57. The first-order chi connectivity index (χ1) is 8.18. The molecule has 0 N–H and O–H groups in total. The maximum absolute atomic E-state index is 5.67. The summed E-state index contributed by atoms with van der Waals surface area (Å²) in [5.41, 5.74) is 1.04. The van der Waals surface area contributed by atoms with Crippen LogP contribution >= 0.6 is 0 Å². The normalized spacial score (nSPS) is 14.6. The van der Waals surface area contributed by atoms with Gasteiger partial charge in [-0.2, -0.15) is 0 Å². The summed E-state index contributed by atoms with van der Waals surface area (Å²) < 4.78 is 0. The molecule has 0 fully saturated rings. The Hall–Kier alpha value is -0.860. The monoisotopic (exact) mass is 250 g/mol. The van der Waals surface area contributed by atoms with E-state index in [0.717, 1.165) is 6.42 Å². The van der Waals surface area contributed by atoms with Gasteiger partial charge in [0.05, 0.1) is 5.60 Å². The maximum atomic E-state index is 5.67. The Morgan fingerprint density at radius 2 is 1.50 bits per heavy atom. The van der Waals surface area contributed by atoms with Gasteiger partial charge in [0, 0.05) is 6.42 Å². The molecule has 2 nitrogen and oxygen atoms in total. The summed E-state index contributed by atoms with van der Waals surface area (Å²) >= 11 is 0. The van der Waals surface area contributed by atoms with Gasteiger partial charge >= 0.3 is 0 Å². The van der Waals surface area contributed by atoms with Gasteiger partial charge in [-0.25, -0.2) is 9.78 Å². The third-order valence-corrected chi connectivity index (χ3v) is 2.64. The van der Waals surface area contributed by atoms with E-state index in [9.17, 15) is 0 Å². The predicted octanol–water partition coefficient (Wildman–Crippen LogP) is 4.39. The molecule has 0 aromatic heterocycles. The molecule has 1 atom stereocenters. The van der Waals surface area contributed by atoms with Crippen LogP contribution < -0.4 is 0 Å². The molecule has 0 aliphatic carbocycles. The Morgan fingerprint density at radius 1 is 0.944 bits per heavy atom. The largest absolute Gasteiger partial charge is 0.232 e. The molecule has 0 bridgehead atoms. The summed E-state index contributed by atoms with van der Waals surface area (Å²) in [6.07, 6.45) is 0.902. The molecule has 2 heteroatoms. The highest BCUT2D eigenvalue weighted by molar-refractivity contribution is 5.15. The average molecular weight is 250 g/mol. The highest BCUT2D eigenvalue weighted by atomic mass is 17.2. The van der Waals surface area contributed by atoms with Crippen LogP contribution in [-0.4, -0.2) is 11.7 Å². The van der Waals surface area contributed by atoms with Crippen molar-refractivity contribution in [2.45, 2.75) is 59.7 Å². The molecule has 1 unspecified atom stereocenters. The molecule has 0 radical (unpaired) electrons. The topological polar surface area (TPSA) is 18.5 Å². The smallest absolute Gasteiger partial charge is 0.102 e. The van der Waals surface area contributed by atoms with Crippen LogP contribution in [0.5, 0.6) is 0 Å². The van der Waals surface area contributed by atoms with E-state index in [1.54, 1.807) is 0 Å². The molecule has 0 amide bonds.